The van der Waals surface area contributed by atoms with Crippen LogP contribution in [0.4, 0.5) is 0 Å². The molecule has 1 N–H and O–H groups in total. The fourth-order valence-corrected chi connectivity index (χ4v) is 6.04. The average Bonchev–Trinajstić information content (AvgIpc) is 3.03. The Hall–Kier alpha value is -4.46. The van der Waals surface area contributed by atoms with Crippen molar-refractivity contribution >= 4 is 0 Å². The normalized spacial score (nSPS) is 19.7. The van der Waals surface area contributed by atoms with E-state index in [1.807, 2.05) is 44.4 Å². The zero-order valence-corrected chi connectivity index (χ0v) is 25.8. The average molecular weight is 564 g/mol. The first-order valence-corrected chi connectivity index (χ1v) is 15.3. The molecule has 0 spiro atoms. The van der Waals surface area contributed by atoms with E-state index in [9.17, 15) is 0 Å². The number of nitrogens with one attached hydrogen (secondary N) is 1. The van der Waals surface area contributed by atoms with Gasteiger partial charge in [-0.25, -0.2) is 0 Å². The van der Waals surface area contributed by atoms with Crippen molar-refractivity contribution in [2.45, 2.75) is 31.6 Å². The highest BCUT2D eigenvalue weighted by Crippen LogP contribution is 2.60. The molecule has 0 bridgehead atoms. The van der Waals surface area contributed by atoms with E-state index < -0.39 is 0 Å². The van der Waals surface area contributed by atoms with Crippen molar-refractivity contribution < 1.29 is 0 Å². The van der Waals surface area contributed by atoms with Crippen LogP contribution in [0.1, 0.15) is 42.7 Å². The predicted octanol–water partition coefficient (Wildman–Crippen LogP) is 10.7. The molecule has 218 valence electrons. The summed E-state index contributed by atoms with van der Waals surface area (Å²) in [4.78, 5) is 0. The third kappa shape index (κ3) is 8.09. The Balaban J connectivity index is 1.64. The molecule has 3 aromatic rings. The molecule has 3 aromatic carbocycles. The van der Waals surface area contributed by atoms with Gasteiger partial charge in [-0.2, -0.15) is 0 Å². The van der Waals surface area contributed by atoms with E-state index in [1.165, 1.54) is 33.4 Å². The van der Waals surface area contributed by atoms with Gasteiger partial charge in [0, 0.05) is 24.3 Å². The van der Waals surface area contributed by atoms with Crippen molar-refractivity contribution in [3.63, 3.8) is 0 Å². The highest BCUT2D eigenvalue weighted by molar-refractivity contribution is 5.64. The van der Waals surface area contributed by atoms with E-state index in [-0.39, 0.29) is 0 Å². The second-order valence-corrected chi connectivity index (χ2v) is 11.0. The second kappa shape index (κ2) is 16.2. The van der Waals surface area contributed by atoms with Crippen LogP contribution in [0.3, 0.4) is 0 Å². The highest BCUT2D eigenvalue weighted by Gasteiger charge is 2.48. The van der Waals surface area contributed by atoms with Gasteiger partial charge in [0.15, 0.2) is 0 Å². The standard InChI is InChI=1S/C42H45N/c1-6-18-32(3)33(4)20-12-8-9-13-23-36(19-7-2)40-39(30-31-43-5)41(42(40)37-24-16-11-17-25-37)38-28-26-35(27-29-38)34-21-14-10-15-22-34/h6-12,14-18,20-30,40-43H,2-4,13,19,31H2,1,5H3/b9-8-,18-6-,20-12-,36-23+,39-30+/t40-,41?,42?/m0/s1. The van der Waals surface area contributed by atoms with Crippen molar-refractivity contribution in [3.05, 3.63) is 193 Å². The van der Waals surface area contributed by atoms with Gasteiger partial charge in [-0.3, -0.25) is 0 Å². The molecule has 1 saturated carbocycles. The van der Waals surface area contributed by atoms with Crippen molar-refractivity contribution in [2.75, 3.05) is 13.6 Å². The van der Waals surface area contributed by atoms with Gasteiger partial charge in [0.1, 0.15) is 0 Å². The fraction of sp³-hybridized carbons (Fsp3) is 0.190. The Morgan fingerprint density at radius 3 is 2.09 bits per heavy atom. The second-order valence-electron chi connectivity index (χ2n) is 11.0. The maximum Gasteiger partial charge on any atom is 0.0134 e. The maximum absolute atomic E-state index is 4.13. The molecule has 1 aliphatic rings. The number of allylic oxidation sites excluding steroid dienone is 12. The maximum atomic E-state index is 4.13. The molecular formula is C42H45N. The summed E-state index contributed by atoms with van der Waals surface area (Å²) in [6.07, 6.45) is 20.9. The molecular weight excluding hydrogens is 518 g/mol. The molecule has 3 atom stereocenters. The quantitative estimate of drug-likeness (QED) is 0.152. The Kier molecular flexibility index (Phi) is 11.9. The molecule has 1 aliphatic carbocycles. The summed E-state index contributed by atoms with van der Waals surface area (Å²) in [6.45, 7) is 15.1. The van der Waals surface area contributed by atoms with Crippen LogP contribution in [0.5, 0.6) is 0 Å². The van der Waals surface area contributed by atoms with E-state index in [2.05, 4.69) is 134 Å². The largest absolute Gasteiger partial charge is 0.316 e. The van der Waals surface area contributed by atoms with E-state index in [1.54, 1.807) is 0 Å². The smallest absolute Gasteiger partial charge is 0.0134 e. The Morgan fingerprint density at radius 1 is 0.791 bits per heavy atom. The van der Waals surface area contributed by atoms with Crippen molar-refractivity contribution in [2.24, 2.45) is 5.92 Å². The molecule has 0 radical (unpaired) electrons. The van der Waals surface area contributed by atoms with Crippen molar-refractivity contribution in [1.29, 1.82) is 0 Å². The number of likely N-dealkylation sites (N-methyl/N-ethyl adjacent to an activating group) is 1. The zero-order valence-electron chi connectivity index (χ0n) is 25.8. The van der Waals surface area contributed by atoms with E-state index in [0.29, 0.717) is 17.8 Å². The summed E-state index contributed by atoms with van der Waals surface area (Å²) in [5, 5.41) is 3.35. The first kappa shape index (κ1) is 31.5. The summed E-state index contributed by atoms with van der Waals surface area (Å²) >= 11 is 0. The molecule has 0 heterocycles. The minimum absolute atomic E-state index is 0.327. The van der Waals surface area contributed by atoms with Gasteiger partial charge in [0.2, 0.25) is 0 Å². The third-order valence-corrected chi connectivity index (χ3v) is 8.16. The Morgan fingerprint density at radius 2 is 1.44 bits per heavy atom. The van der Waals surface area contributed by atoms with Gasteiger partial charge in [0.25, 0.3) is 0 Å². The molecule has 4 rings (SSSR count). The first-order chi connectivity index (χ1) is 21.1. The van der Waals surface area contributed by atoms with Crippen molar-refractivity contribution in [3.8, 4) is 11.1 Å². The monoisotopic (exact) mass is 563 g/mol. The van der Waals surface area contributed by atoms with Crippen LogP contribution in [0, 0.1) is 5.92 Å². The number of benzene rings is 3. The molecule has 43 heavy (non-hydrogen) atoms. The molecule has 0 saturated heterocycles. The number of hydrogen-bond acceptors (Lipinski definition) is 1. The van der Waals surface area contributed by atoms with Crippen LogP contribution in [0.25, 0.3) is 11.1 Å². The van der Waals surface area contributed by atoms with Gasteiger partial charge in [-0.15, -0.1) is 6.58 Å². The fourth-order valence-electron chi connectivity index (χ4n) is 6.04. The van der Waals surface area contributed by atoms with Crippen LogP contribution in [0.15, 0.2) is 182 Å². The summed E-state index contributed by atoms with van der Waals surface area (Å²) in [6, 6.07) is 30.9. The molecule has 1 nitrogen and oxygen atoms in total. The minimum atomic E-state index is 0.327. The summed E-state index contributed by atoms with van der Waals surface area (Å²) in [5.41, 5.74) is 10.0. The van der Waals surface area contributed by atoms with Crippen LogP contribution in [-0.2, 0) is 0 Å². The van der Waals surface area contributed by atoms with Gasteiger partial charge in [0.05, 0.1) is 0 Å². The molecule has 0 amide bonds. The van der Waals surface area contributed by atoms with Crippen LogP contribution in [0.2, 0.25) is 0 Å². The molecule has 0 aliphatic heterocycles. The van der Waals surface area contributed by atoms with Crippen LogP contribution < -0.4 is 5.32 Å². The summed E-state index contributed by atoms with van der Waals surface area (Å²) < 4.78 is 0. The van der Waals surface area contributed by atoms with Crippen LogP contribution in [-0.4, -0.2) is 13.6 Å². The third-order valence-electron chi connectivity index (χ3n) is 8.16. The molecule has 0 aromatic heterocycles. The summed E-state index contributed by atoms with van der Waals surface area (Å²) in [7, 11) is 2.02. The van der Waals surface area contributed by atoms with E-state index in [4.69, 9.17) is 0 Å². The number of hydrogen-bond donors (Lipinski definition) is 1. The molecule has 2 unspecified atom stereocenters. The lowest BCUT2D eigenvalue weighted by atomic mass is 9.53. The highest BCUT2D eigenvalue weighted by atomic mass is 14.8. The lowest BCUT2D eigenvalue weighted by molar-refractivity contribution is 0.356. The van der Waals surface area contributed by atoms with Gasteiger partial charge in [-0.1, -0.05) is 164 Å². The van der Waals surface area contributed by atoms with Gasteiger partial charge < -0.3 is 5.32 Å². The van der Waals surface area contributed by atoms with Gasteiger partial charge in [-0.05, 0) is 60.2 Å². The molecule has 1 heteroatoms. The lowest BCUT2D eigenvalue weighted by Gasteiger charge is -2.50. The van der Waals surface area contributed by atoms with E-state index in [0.717, 1.165) is 30.5 Å². The summed E-state index contributed by atoms with van der Waals surface area (Å²) in [5.74, 6) is 1.02. The van der Waals surface area contributed by atoms with E-state index >= 15 is 0 Å². The Labute approximate surface area is 259 Å². The van der Waals surface area contributed by atoms with Gasteiger partial charge >= 0.3 is 0 Å². The first-order valence-electron chi connectivity index (χ1n) is 15.3. The topological polar surface area (TPSA) is 12.0 Å². The Bertz CT molecular complexity index is 1510. The van der Waals surface area contributed by atoms with Crippen LogP contribution >= 0.6 is 0 Å². The van der Waals surface area contributed by atoms with Crippen molar-refractivity contribution in [1.82, 2.24) is 5.32 Å². The molecule has 1 fully saturated rings. The predicted molar refractivity (Wildman–Crippen MR) is 188 cm³/mol. The lowest BCUT2D eigenvalue weighted by Crippen LogP contribution is -2.38. The number of rotatable bonds is 14. The SMILES string of the molecule is C=CC/C(=C\C/C=C\C=C/C(=C)C(=C)/C=C\C)[C@H]1/C(=C\CNC)C(c2ccc(-c3ccccc3)cc2)C1c1ccccc1. The zero-order chi connectivity index (χ0) is 30.4. The minimum Gasteiger partial charge on any atom is -0.316 e.